The van der Waals surface area contributed by atoms with Crippen molar-refractivity contribution in [1.82, 2.24) is 0 Å². The number of anilines is 2. The molecule has 0 unspecified atom stereocenters. The second-order valence-corrected chi connectivity index (χ2v) is 7.30. The first-order valence-electron chi connectivity index (χ1n) is 10.3. The van der Waals surface area contributed by atoms with Crippen LogP contribution in [0, 0.1) is 5.92 Å². The normalized spacial score (nSPS) is 12.7. The smallest absolute Gasteiger partial charge is 0.255 e. The molecule has 1 aliphatic rings. The minimum Gasteiger partial charge on any atom is -0.494 e. The monoisotopic (exact) mass is 416 g/mol. The van der Waals surface area contributed by atoms with Crippen LogP contribution in [-0.4, -0.2) is 18.4 Å². The SMILES string of the molecule is CCOc1ccc(Oc2ccccc2NC(=O)c2cccc(NC(=O)C3CC3)c2)cc1. The van der Waals surface area contributed by atoms with E-state index < -0.39 is 0 Å². The van der Waals surface area contributed by atoms with E-state index in [0.717, 1.165) is 18.6 Å². The van der Waals surface area contributed by atoms with Crippen LogP contribution in [0.2, 0.25) is 0 Å². The third-order valence-electron chi connectivity index (χ3n) is 4.84. The lowest BCUT2D eigenvalue weighted by molar-refractivity contribution is -0.117. The molecule has 0 heterocycles. The fourth-order valence-electron chi connectivity index (χ4n) is 3.08. The molecule has 2 N–H and O–H groups in total. The maximum absolute atomic E-state index is 12.8. The number of benzene rings is 3. The predicted molar refractivity (Wildman–Crippen MR) is 120 cm³/mol. The van der Waals surface area contributed by atoms with E-state index in [1.54, 1.807) is 36.4 Å². The van der Waals surface area contributed by atoms with E-state index in [1.165, 1.54) is 0 Å². The number of nitrogens with one attached hydrogen (secondary N) is 2. The van der Waals surface area contributed by atoms with Crippen molar-refractivity contribution in [1.29, 1.82) is 0 Å². The van der Waals surface area contributed by atoms with Crippen LogP contribution in [0.4, 0.5) is 11.4 Å². The zero-order chi connectivity index (χ0) is 21.6. The van der Waals surface area contributed by atoms with Gasteiger partial charge in [0, 0.05) is 17.2 Å². The fraction of sp³-hybridized carbons (Fsp3) is 0.200. The Kier molecular flexibility index (Phi) is 6.17. The van der Waals surface area contributed by atoms with Crippen LogP contribution < -0.4 is 20.1 Å². The van der Waals surface area contributed by atoms with Crippen molar-refractivity contribution < 1.29 is 19.1 Å². The van der Waals surface area contributed by atoms with Gasteiger partial charge in [0.25, 0.3) is 5.91 Å². The summed E-state index contributed by atoms with van der Waals surface area (Å²) in [6.45, 7) is 2.53. The Labute approximate surface area is 181 Å². The van der Waals surface area contributed by atoms with Gasteiger partial charge in [0.05, 0.1) is 12.3 Å². The molecule has 31 heavy (non-hydrogen) atoms. The average Bonchev–Trinajstić information content (AvgIpc) is 3.62. The van der Waals surface area contributed by atoms with E-state index in [4.69, 9.17) is 9.47 Å². The molecule has 1 saturated carbocycles. The van der Waals surface area contributed by atoms with Crippen LogP contribution >= 0.6 is 0 Å². The Morgan fingerprint density at radius 3 is 2.39 bits per heavy atom. The molecule has 0 saturated heterocycles. The quantitative estimate of drug-likeness (QED) is 0.510. The van der Waals surface area contributed by atoms with E-state index in [0.29, 0.717) is 35.0 Å². The minimum atomic E-state index is -0.287. The molecule has 1 aliphatic carbocycles. The summed E-state index contributed by atoms with van der Waals surface area (Å²) in [5, 5.41) is 5.76. The molecule has 158 valence electrons. The highest BCUT2D eigenvalue weighted by molar-refractivity contribution is 6.06. The molecule has 0 aromatic heterocycles. The minimum absolute atomic E-state index is 0.00617. The van der Waals surface area contributed by atoms with Gasteiger partial charge in [-0.25, -0.2) is 0 Å². The molecular formula is C25H24N2O4. The van der Waals surface area contributed by atoms with Gasteiger partial charge < -0.3 is 20.1 Å². The fourth-order valence-corrected chi connectivity index (χ4v) is 3.08. The molecule has 4 rings (SSSR count). The van der Waals surface area contributed by atoms with Gasteiger partial charge in [-0.3, -0.25) is 9.59 Å². The number of para-hydroxylation sites is 2. The van der Waals surface area contributed by atoms with Gasteiger partial charge in [-0.15, -0.1) is 0 Å². The predicted octanol–water partition coefficient (Wildman–Crippen LogP) is 5.48. The maximum atomic E-state index is 12.8. The van der Waals surface area contributed by atoms with Crippen molar-refractivity contribution >= 4 is 23.2 Å². The lowest BCUT2D eigenvalue weighted by Gasteiger charge is -2.13. The Bertz CT molecular complexity index is 1070. The molecule has 0 spiro atoms. The summed E-state index contributed by atoms with van der Waals surface area (Å²) >= 11 is 0. The van der Waals surface area contributed by atoms with Crippen LogP contribution in [0.15, 0.2) is 72.8 Å². The first kappa shape index (κ1) is 20.5. The molecule has 6 nitrogen and oxygen atoms in total. The molecular weight excluding hydrogens is 392 g/mol. The van der Waals surface area contributed by atoms with Gasteiger partial charge in [-0.05, 0) is 74.4 Å². The lowest BCUT2D eigenvalue weighted by Crippen LogP contribution is -2.15. The number of carbonyl (C=O) groups excluding carboxylic acids is 2. The Morgan fingerprint density at radius 2 is 1.65 bits per heavy atom. The van der Waals surface area contributed by atoms with Crippen molar-refractivity contribution in [2.45, 2.75) is 19.8 Å². The molecule has 1 fully saturated rings. The highest BCUT2D eigenvalue weighted by Gasteiger charge is 2.29. The van der Waals surface area contributed by atoms with Gasteiger partial charge in [-0.2, -0.15) is 0 Å². The van der Waals surface area contributed by atoms with Gasteiger partial charge in [0.15, 0.2) is 5.75 Å². The summed E-state index contributed by atoms with van der Waals surface area (Å²) in [5.74, 6) is 1.75. The highest BCUT2D eigenvalue weighted by Crippen LogP contribution is 2.32. The number of amides is 2. The van der Waals surface area contributed by atoms with Crippen molar-refractivity contribution in [2.24, 2.45) is 5.92 Å². The lowest BCUT2D eigenvalue weighted by atomic mass is 10.1. The average molecular weight is 416 g/mol. The highest BCUT2D eigenvalue weighted by atomic mass is 16.5. The van der Waals surface area contributed by atoms with Gasteiger partial charge in [-0.1, -0.05) is 18.2 Å². The van der Waals surface area contributed by atoms with Crippen molar-refractivity contribution in [3.8, 4) is 17.2 Å². The van der Waals surface area contributed by atoms with Crippen molar-refractivity contribution in [3.63, 3.8) is 0 Å². The Hall–Kier alpha value is -3.80. The first-order valence-corrected chi connectivity index (χ1v) is 10.3. The van der Waals surface area contributed by atoms with Gasteiger partial charge >= 0.3 is 0 Å². The first-order chi connectivity index (χ1) is 15.1. The van der Waals surface area contributed by atoms with E-state index in [-0.39, 0.29) is 17.7 Å². The Balaban J connectivity index is 1.45. The van der Waals surface area contributed by atoms with Crippen LogP contribution in [0.3, 0.4) is 0 Å². The Morgan fingerprint density at radius 1 is 0.903 bits per heavy atom. The van der Waals surface area contributed by atoms with Crippen LogP contribution in [0.25, 0.3) is 0 Å². The molecule has 2 amide bonds. The van der Waals surface area contributed by atoms with Gasteiger partial charge in [0.1, 0.15) is 11.5 Å². The summed E-state index contributed by atoms with van der Waals surface area (Å²) in [6, 6.07) is 21.4. The van der Waals surface area contributed by atoms with Crippen LogP contribution in [0.5, 0.6) is 17.2 Å². The molecule has 0 radical (unpaired) electrons. The molecule has 3 aromatic carbocycles. The zero-order valence-corrected chi connectivity index (χ0v) is 17.3. The van der Waals surface area contributed by atoms with E-state index in [2.05, 4.69) is 10.6 Å². The second-order valence-electron chi connectivity index (χ2n) is 7.30. The number of carbonyl (C=O) groups is 2. The molecule has 3 aromatic rings. The third kappa shape index (κ3) is 5.42. The van der Waals surface area contributed by atoms with Crippen molar-refractivity contribution in [2.75, 3.05) is 17.2 Å². The number of hydrogen-bond donors (Lipinski definition) is 2. The second kappa shape index (κ2) is 9.34. The summed E-state index contributed by atoms with van der Waals surface area (Å²) in [5.41, 5.74) is 1.61. The molecule has 0 bridgehead atoms. The standard InChI is InChI=1S/C25H24N2O4/c1-2-30-20-12-14-21(15-13-20)31-23-9-4-3-8-22(23)27-25(29)18-6-5-7-19(16-18)26-24(28)17-10-11-17/h3-9,12-17H,2,10-11H2,1H3,(H,26,28)(H,27,29). The number of rotatable bonds is 8. The van der Waals surface area contributed by atoms with Crippen LogP contribution in [-0.2, 0) is 4.79 Å². The topological polar surface area (TPSA) is 76.7 Å². The molecule has 0 atom stereocenters. The van der Waals surface area contributed by atoms with E-state index >= 15 is 0 Å². The van der Waals surface area contributed by atoms with E-state index in [1.807, 2.05) is 43.3 Å². The largest absolute Gasteiger partial charge is 0.494 e. The van der Waals surface area contributed by atoms with Crippen LogP contribution in [0.1, 0.15) is 30.1 Å². The van der Waals surface area contributed by atoms with Gasteiger partial charge in [0.2, 0.25) is 5.91 Å². The molecule has 0 aliphatic heterocycles. The number of ether oxygens (including phenoxy) is 2. The summed E-state index contributed by atoms with van der Waals surface area (Å²) in [6.07, 6.45) is 1.86. The van der Waals surface area contributed by atoms with E-state index in [9.17, 15) is 9.59 Å². The third-order valence-corrected chi connectivity index (χ3v) is 4.84. The van der Waals surface area contributed by atoms with Crippen molar-refractivity contribution in [3.05, 3.63) is 78.4 Å². The summed E-state index contributed by atoms with van der Waals surface area (Å²) < 4.78 is 11.4. The maximum Gasteiger partial charge on any atom is 0.255 e. The summed E-state index contributed by atoms with van der Waals surface area (Å²) in [4.78, 5) is 24.8. The summed E-state index contributed by atoms with van der Waals surface area (Å²) in [7, 11) is 0. The molecule has 6 heteroatoms. The zero-order valence-electron chi connectivity index (χ0n) is 17.3. The number of hydrogen-bond acceptors (Lipinski definition) is 4.